The maximum Gasteiger partial charge on any atom is 0.0722 e. The Labute approximate surface area is 129 Å². The van der Waals surface area contributed by atoms with Gasteiger partial charge in [-0.1, -0.05) is 31.2 Å². The normalized spacial score (nSPS) is 12.9. The van der Waals surface area contributed by atoms with Gasteiger partial charge in [-0.3, -0.25) is 4.68 Å². The summed E-state index contributed by atoms with van der Waals surface area (Å²) in [4.78, 5) is 1.38. The molecule has 110 valence electrons. The lowest BCUT2D eigenvalue weighted by atomic mass is 10.1. The van der Waals surface area contributed by atoms with Crippen LogP contribution in [-0.2, 0) is 13.0 Å². The van der Waals surface area contributed by atoms with Gasteiger partial charge in [0.05, 0.1) is 11.2 Å². The molecule has 0 bridgehead atoms. The molecule has 2 heterocycles. The molecule has 0 aliphatic heterocycles. The van der Waals surface area contributed by atoms with Crippen LogP contribution < -0.4 is 5.32 Å². The minimum atomic E-state index is 0.346. The van der Waals surface area contributed by atoms with E-state index < -0.39 is 0 Å². The Morgan fingerprint density at radius 1 is 1.19 bits per heavy atom. The summed E-state index contributed by atoms with van der Waals surface area (Å²) in [5, 5.41) is 11.8. The Balaban J connectivity index is 1.96. The fraction of sp³-hybridized carbons (Fsp3) is 0.353. The van der Waals surface area contributed by atoms with Crippen molar-refractivity contribution in [2.75, 3.05) is 6.54 Å². The molecule has 0 saturated carbocycles. The predicted molar refractivity (Wildman–Crippen MR) is 89.8 cm³/mol. The molecular weight excluding hydrogens is 278 g/mol. The summed E-state index contributed by atoms with van der Waals surface area (Å²) in [7, 11) is 0. The molecule has 0 aliphatic rings. The van der Waals surface area contributed by atoms with Crippen molar-refractivity contribution < 1.29 is 0 Å². The van der Waals surface area contributed by atoms with Gasteiger partial charge in [0.15, 0.2) is 0 Å². The van der Waals surface area contributed by atoms with Crippen molar-refractivity contribution in [3.63, 3.8) is 0 Å². The summed E-state index contributed by atoms with van der Waals surface area (Å²) in [5.41, 5.74) is 2.42. The second-order valence-corrected chi connectivity index (χ2v) is 6.09. The van der Waals surface area contributed by atoms with Gasteiger partial charge in [-0.2, -0.15) is 5.10 Å². The summed E-state index contributed by atoms with van der Waals surface area (Å²) in [6.07, 6.45) is 0.932. The Kier molecular flexibility index (Phi) is 4.36. The molecular formula is C17H21N3S. The van der Waals surface area contributed by atoms with Crippen molar-refractivity contribution in [1.29, 1.82) is 0 Å². The zero-order valence-electron chi connectivity index (χ0n) is 12.5. The predicted octanol–water partition coefficient (Wildman–Crippen LogP) is 4.01. The summed E-state index contributed by atoms with van der Waals surface area (Å²) >= 11 is 1.81. The zero-order chi connectivity index (χ0) is 14.7. The third-order valence-electron chi connectivity index (χ3n) is 3.77. The maximum atomic E-state index is 4.82. The quantitative estimate of drug-likeness (QED) is 0.745. The van der Waals surface area contributed by atoms with Crippen LogP contribution in [-0.4, -0.2) is 16.3 Å². The Morgan fingerprint density at radius 2 is 2.05 bits per heavy atom. The first-order valence-corrected chi connectivity index (χ1v) is 8.42. The molecule has 0 amide bonds. The van der Waals surface area contributed by atoms with Crippen molar-refractivity contribution in [2.45, 2.75) is 32.9 Å². The number of rotatable bonds is 6. The van der Waals surface area contributed by atoms with Crippen LogP contribution in [0, 0.1) is 0 Å². The number of thiophene rings is 1. The number of nitrogens with zero attached hydrogens (tertiary/aromatic N) is 2. The number of aromatic nitrogens is 2. The van der Waals surface area contributed by atoms with Gasteiger partial charge in [-0.15, -0.1) is 11.3 Å². The minimum absolute atomic E-state index is 0.346. The molecule has 0 spiro atoms. The van der Waals surface area contributed by atoms with E-state index in [1.165, 1.54) is 21.5 Å². The molecule has 3 nitrogen and oxygen atoms in total. The highest BCUT2D eigenvalue weighted by Gasteiger charge is 2.17. The van der Waals surface area contributed by atoms with Crippen LogP contribution in [0.5, 0.6) is 0 Å². The van der Waals surface area contributed by atoms with E-state index in [4.69, 9.17) is 5.10 Å². The molecule has 2 aromatic heterocycles. The van der Waals surface area contributed by atoms with E-state index in [-0.39, 0.29) is 0 Å². The second kappa shape index (κ2) is 6.41. The number of para-hydroxylation sites is 1. The fourth-order valence-electron chi connectivity index (χ4n) is 2.79. The van der Waals surface area contributed by atoms with Gasteiger partial charge in [-0.25, -0.2) is 0 Å². The molecule has 1 unspecified atom stereocenters. The number of hydrogen-bond acceptors (Lipinski definition) is 3. The van der Waals surface area contributed by atoms with Crippen LogP contribution in [0.3, 0.4) is 0 Å². The van der Waals surface area contributed by atoms with E-state index in [2.05, 4.69) is 65.6 Å². The van der Waals surface area contributed by atoms with Gasteiger partial charge in [0.1, 0.15) is 0 Å². The number of likely N-dealkylation sites (N-methyl/N-ethyl adjacent to an activating group) is 1. The van der Waals surface area contributed by atoms with E-state index in [1.54, 1.807) is 0 Å². The van der Waals surface area contributed by atoms with Crippen LogP contribution in [0.1, 0.15) is 30.5 Å². The molecule has 0 fully saturated rings. The molecule has 21 heavy (non-hydrogen) atoms. The number of fused-ring (bicyclic) bond motifs is 1. The van der Waals surface area contributed by atoms with E-state index in [0.717, 1.165) is 19.5 Å². The summed E-state index contributed by atoms with van der Waals surface area (Å²) in [6, 6.07) is 13.2. The number of nitrogens with one attached hydrogen (secondary N) is 1. The third-order valence-corrected chi connectivity index (χ3v) is 4.75. The van der Waals surface area contributed by atoms with Crippen LogP contribution in [0.2, 0.25) is 0 Å². The highest BCUT2D eigenvalue weighted by molar-refractivity contribution is 7.10. The van der Waals surface area contributed by atoms with Gasteiger partial charge in [0.2, 0.25) is 0 Å². The molecule has 1 aromatic carbocycles. The first-order chi connectivity index (χ1) is 10.3. The van der Waals surface area contributed by atoms with Gasteiger partial charge in [-0.05, 0) is 31.0 Å². The monoisotopic (exact) mass is 299 g/mol. The second-order valence-electron chi connectivity index (χ2n) is 5.11. The average molecular weight is 299 g/mol. The highest BCUT2D eigenvalue weighted by atomic mass is 32.1. The minimum Gasteiger partial charge on any atom is -0.309 e. The summed E-state index contributed by atoms with van der Waals surface area (Å²) in [6.45, 7) is 6.17. The van der Waals surface area contributed by atoms with E-state index >= 15 is 0 Å². The SMILES string of the molecule is CCNC(Cc1nn(CC)c2ccccc12)c1cccs1. The van der Waals surface area contributed by atoms with E-state index in [0.29, 0.717) is 6.04 Å². The Hall–Kier alpha value is -1.65. The smallest absolute Gasteiger partial charge is 0.0722 e. The topological polar surface area (TPSA) is 29.9 Å². The van der Waals surface area contributed by atoms with E-state index in [9.17, 15) is 0 Å². The molecule has 0 saturated heterocycles. The van der Waals surface area contributed by atoms with Crippen molar-refractivity contribution >= 4 is 22.2 Å². The van der Waals surface area contributed by atoms with Gasteiger partial charge in [0, 0.05) is 29.3 Å². The van der Waals surface area contributed by atoms with E-state index in [1.807, 2.05) is 11.3 Å². The van der Waals surface area contributed by atoms with Crippen LogP contribution in [0.4, 0.5) is 0 Å². The van der Waals surface area contributed by atoms with Gasteiger partial charge < -0.3 is 5.32 Å². The lowest BCUT2D eigenvalue weighted by molar-refractivity contribution is 0.545. The molecule has 0 aliphatic carbocycles. The van der Waals surface area contributed by atoms with Crippen molar-refractivity contribution in [2.24, 2.45) is 0 Å². The Bertz CT molecular complexity index is 700. The van der Waals surface area contributed by atoms with Crippen LogP contribution in [0.25, 0.3) is 10.9 Å². The van der Waals surface area contributed by atoms with Crippen molar-refractivity contribution in [3.05, 3.63) is 52.3 Å². The summed E-state index contributed by atoms with van der Waals surface area (Å²) in [5.74, 6) is 0. The van der Waals surface area contributed by atoms with Crippen LogP contribution >= 0.6 is 11.3 Å². The van der Waals surface area contributed by atoms with Crippen LogP contribution in [0.15, 0.2) is 41.8 Å². The summed E-state index contributed by atoms with van der Waals surface area (Å²) < 4.78 is 2.10. The molecule has 3 aromatic rings. The standard InChI is InChI=1S/C17H21N3S/c1-3-18-15(17-10-7-11-21-17)12-14-13-8-5-6-9-16(13)20(4-2)19-14/h5-11,15,18H,3-4,12H2,1-2H3. The zero-order valence-corrected chi connectivity index (χ0v) is 13.4. The lowest BCUT2D eigenvalue weighted by Gasteiger charge is -2.15. The third kappa shape index (κ3) is 2.87. The van der Waals surface area contributed by atoms with Crippen molar-refractivity contribution in [1.82, 2.24) is 15.1 Å². The lowest BCUT2D eigenvalue weighted by Crippen LogP contribution is -2.22. The molecule has 3 rings (SSSR count). The fourth-order valence-corrected chi connectivity index (χ4v) is 3.59. The number of benzene rings is 1. The Morgan fingerprint density at radius 3 is 2.76 bits per heavy atom. The highest BCUT2D eigenvalue weighted by Crippen LogP contribution is 2.26. The van der Waals surface area contributed by atoms with Gasteiger partial charge >= 0.3 is 0 Å². The number of hydrogen-bond donors (Lipinski definition) is 1. The number of aryl methyl sites for hydroxylation is 1. The first-order valence-electron chi connectivity index (χ1n) is 7.54. The largest absolute Gasteiger partial charge is 0.309 e. The molecule has 0 radical (unpaired) electrons. The maximum absolute atomic E-state index is 4.82. The molecule has 4 heteroatoms. The van der Waals surface area contributed by atoms with Gasteiger partial charge in [0.25, 0.3) is 0 Å². The average Bonchev–Trinajstić information content (AvgIpc) is 3.15. The van der Waals surface area contributed by atoms with Crippen molar-refractivity contribution in [3.8, 4) is 0 Å². The first kappa shape index (κ1) is 14.3. The molecule has 1 N–H and O–H groups in total. The molecule has 1 atom stereocenters.